The van der Waals surface area contributed by atoms with Crippen molar-refractivity contribution in [2.75, 3.05) is 19.6 Å². The van der Waals surface area contributed by atoms with Crippen LogP contribution in [-0.4, -0.2) is 40.4 Å². The molecule has 2 N–H and O–H groups in total. The summed E-state index contributed by atoms with van der Waals surface area (Å²) < 4.78 is 0. The van der Waals surface area contributed by atoms with Gasteiger partial charge in [0.25, 0.3) is 0 Å². The van der Waals surface area contributed by atoms with E-state index < -0.39 is 0 Å². The Kier molecular flexibility index (Phi) is 3.68. The van der Waals surface area contributed by atoms with E-state index in [4.69, 9.17) is 5.73 Å². The first kappa shape index (κ1) is 12.0. The Labute approximate surface area is 101 Å². The van der Waals surface area contributed by atoms with Gasteiger partial charge in [0.15, 0.2) is 0 Å². The highest BCUT2D eigenvalue weighted by atomic mass is 16.1. The lowest BCUT2D eigenvalue weighted by Gasteiger charge is -2.30. The topological polar surface area (TPSA) is 72.1 Å². The van der Waals surface area contributed by atoms with Crippen LogP contribution in [0.1, 0.15) is 30.3 Å². The van der Waals surface area contributed by atoms with E-state index in [1.54, 1.807) is 0 Å². The SMILES string of the molecule is Cc1ccnc(C2CCN(CC(N)=O)CC2)n1. The molecule has 1 aliphatic heterocycles. The zero-order chi connectivity index (χ0) is 12.3. The fraction of sp³-hybridized carbons (Fsp3) is 0.583. The summed E-state index contributed by atoms with van der Waals surface area (Å²) in [5, 5.41) is 0. The number of likely N-dealkylation sites (tertiary alicyclic amines) is 1. The van der Waals surface area contributed by atoms with Crippen LogP contribution in [0.4, 0.5) is 0 Å². The normalized spacial score (nSPS) is 18.2. The number of carbonyl (C=O) groups excluding carboxylic acids is 1. The van der Waals surface area contributed by atoms with Gasteiger partial charge in [-0.05, 0) is 38.9 Å². The number of nitrogens with zero attached hydrogens (tertiary/aromatic N) is 3. The Balaban J connectivity index is 1.93. The average molecular weight is 234 g/mol. The summed E-state index contributed by atoms with van der Waals surface area (Å²) in [6, 6.07) is 1.91. The molecule has 1 aromatic rings. The average Bonchev–Trinajstić information content (AvgIpc) is 2.29. The van der Waals surface area contributed by atoms with Crippen LogP contribution in [0.15, 0.2) is 12.3 Å². The highest BCUT2D eigenvalue weighted by molar-refractivity contribution is 5.75. The predicted octanol–water partition coefficient (Wildman–Crippen LogP) is 0.450. The molecule has 1 amide bonds. The number of piperidine rings is 1. The maximum absolute atomic E-state index is 10.8. The lowest BCUT2D eigenvalue weighted by Crippen LogP contribution is -2.39. The van der Waals surface area contributed by atoms with Crippen LogP contribution in [0, 0.1) is 6.92 Å². The zero-order valence-electron chi connectivity index (χ0n) is 10.1. The Morgan fingerprint density at radius 2 is 2.24 bits per heavy atom. The van der Waals surface area contributed by atoms with Gasteiger partial charge in [0.1, 0.15) is 5.82 Å². The molecule has 1 fully saturated rings. The number of amides is 1. The third-order valence-electron chi connectivity index (χ3n) is 3.15. The van der Waals surface area contributed by atoms with Gasteiger partial charge in [0.05, 0.1) is 6.54 Å². The minimum atomic E-state index is -0.254. The second-order valence-electron chi connectivity index (χ2n) is 4.57. The number of aromatic nitrogens is 2. The number of nitrogens with two attached hydrogens (primary N) is 1. The van der Waals surface area contributed by atoms with Crippen LogP contribution in [0.5, 0.6) is 0 Å². The van der Waals surface area contributed by atoms with Crippen molar-refractivity contribution in [3.63, 3.8) is 0 Å². The van der Waals surface area contributed by atoms with Crippen molar-refractivity contribution >= 4 is 5.91 Å². The van der Waals surface area contributed by atoms with Gasteiger partial charge in [0.2, 0.25) is 5.91 Å². The molecule has 1 aromatic heterocycles. The second kappa shape index (κ2) is 5.23. The monoisotopic (exact) mass is 234 g/mol. The first-order chi connectivity index (χ1) is 8.15. The number of hydrogen-bond acceptors (Lipinski definition) is 4. The summed E-state index contributed by atoms with van der Waals surface area (Å²) in [6.45, 7) is 4.13. The van der Waals surface area contributed by atoms with E-state index in [9.17, 15) is 4.79 Å². The number of rotatable bonds is 3. The first-order valence-electron chi connectivity index (χ1n) is 5.95. The summed E-state index contributed by atoms with van der Waals surface area (Å²) in [4.78, 5) is 21.7. The molecule has 1 saturated heterocycles. The molecule has 0 spiro atoms. The van der Waals surface area contributed by atoms with Crippen molar-refractivity contribution in [3.8, 4) is 0 Å². The maximum Gasteiger partial charge on any atom is 0.231 e. The summed E-state index contributed by atoms with van der Waals surface area (Å²) in [6.07, 6.45) is 3.81. The van der Waals surface area contributed by atoms with E-state index in [0.717, 1.165) is 37.4 Å². The second-order valence-corrected chi connectivity index (χ2v) is 4.57. The molecule has 5 nitrogen and oxygen atoms in total. The Hall–Kier alpha value is -1.49. The summed E-state index contributed by atoms with van der Waals surface area (Å²) >= 11 is 0. The van der Waals surface area contributed by atoms with E-state index in [1.807, 2.05) is 19.2 Å². The zero-order valence-corrected chi connectivity index (χ0v) is 10.1. The molecule has 0 aliphatic carbocycles. The van der Waals surface area contributed by atoms with Crippen molar-refractivity contribution in [1.29, 1.82) is 0 Å². The van der Waals surface area contributed by atoms with E-state index >= 15 is 0 Å². The molecule has 0 unspecified atom stereocenters. The molecule has 2 heterocycles. The highest BCUT2D eigenvalue weighted by Gasteiger charge is 2.23. The predicted molar refractivity (Wildman–Crippen MR) is 64.4 cm³/mol. The van der Waals surface area contributed by atoms with Crippen LogP contribution in [-0.2, 0) is 4.79 Å². The molecular formula is C12H18N4O. The van der Waals surface area contributed by atoms with Gasteiger partial charge in [-0.25, -0.2) is 9.97 Å². The number of primary amides is 1. The minimum Gasteiger partial charge on any atom is -0.369 e. The van der Waals surface area contributed by atoms with Crippen molar-refractivity contribution in [2.24, 2.45) is 5.73 Å². The maximum atomic E-state index is 10.8. The van der Waals surface area contributed by atoms with Crippen LogP contribution in [0.2, 0.25) is 0 Å². The Morgan fingerprint density at radius 1 is 1.53 bits per heavy atom. The Morgan fingerprint density at radius 3 is 2.82 bits per heavy atom. The largest absolute Gasteiger partial charge is 0.369 e. The van der Waals surface area contributed by atoms with Crippen LogP contribution < -0.4 is 5.73 Å². The van der Waals surface area contributed by atoms with Gasteiger partial charge in [-0.15, -0.1) is 0 Å². The van der Waals surface area contributed by atoms with Crippen molar-refractivity contribution in [1.82, 2.24) is 14.9 Å². The lowest BCUT2D eigenvalue weighted by atomic mass is 9.96. The number of carbonyl (C=O) groups is 1. The van der Waals surface area contributed by atoms with Crippen LogP contribution >= 0.6 is 0 Å². The molecule has 92 valence electrons. The standard InChI is InChI=1S/C12H18N4O/c1-9-2-5-14-12(15-9)10-3-6-16(7-4-10)8-11(13)17/h2,5,10H,3-4,6-8H2,1H3,(H2,13,17). The molecule has 0 bridgehead atoms. The Bertz CT molecular complexity index is 399. The quantitative estimate of drug-likeness (QED) is 0.824. The molecular weight excluding hydrogens is 216 g/mol. The van der Waals surface area contributed by atoms with Gasteiger partial charge in [-0.2, -0.15) is 0 Å². The molecule has 1 aliphatic rings. The molecule has 0 radical (unpaired) electrons. The van der Waals surface area contributed by atoms with Gasteiger partial charge in [0, 0.05) is 17.8 Å². The van der Waals surface area contributed by atoms with Crippen LogP contribution in [0.3, 0.4) is 0 Å². The van der Waals surface area contributed by atoms with Crippen molar-refractivity contribution in [2.45, 2.75) is 25.7 Å². The van der Waals surface area contributed by atoms with Crippen molar-refractivity contribution < 1.29 is 4.79 Å². The third-order valence-corrected chi connectivity index (χ3v) is 3.15. The summed E-state index contributed by atoms with van der Waals surface area (Å²) in [7, 11) is 0. The van der Waals surface area contributed by atoms with Gasteiger partial charge in [-0.3, -0.25) is 9.69 Å². The molecule has 0 aromatic carbocycles. The van der Waals surface area contributed by atoms with E-state index in [0.29, 0.717) is 12.5 Å². The smallest absolute Gasteiger partial charge is 0.231 e. The van der Waals surface area contributed by atoms with Crippen LogP contribution in [0.25, 0.3) is 0 Å². The third kappa shape index (κ3) is 3.23. The molecule has 2 rings (SSSR count). The minimum absolute atomic E-state index is 0.254. The summed E-state index contributed by atoms with van der Waals surface area (Å²) in [5.41, 5.74) is 6.19. The molecule has 0 atom stereocenters. The number of hydrogen-bond donors (Lipinski definition) is 1. The highest BCUT2D eigenvalue weighted by Crippen LogP contribution is 2.24. The lowest BCUT2D eigenvalue weighted by molar-refractivity contribution is -0.119. The number of aryl methyl sites for hydroxylation is 1. The van der Waals surface area contributed by atoms with Gasteiger partial charge < -0.3 is 5.73 Å². The fourth-order valence-corrected chi connectivity index (χ4v) is 2.23. The molecule has 0 saturated carbocycles. The van der Waals surface area contributed by atoms with E-state index in [-0.39, 0.29) is 5.91 Å². The summed E-state index contributed by atoms with van der Waals surface area (Å²) in [5.74, 6) is 1.10. The van der Waals surface area contributed by atoms with Crippen molar-refractivity contribution in [3.05, 3.63) is 23.8 Å². The molecule has 5 heteroatoms. The van der Waals surface area contributed by atoms with Gasteiger partial charge in [-0.1, -0.05) is 0 Å². The first-order valence-corrected chi connectivity index (χ1v) is 5.95. The van der Waals surface area contributed by atoms with E-state index in [1.165, 1.54) is 0 Å². The van der Waals surface area contributed by atoms with Gasteiger partial charge >= 0.3 is 0 Å². The van der Waals surface area contributed by atoms with E-state index in [2.05, 4.69) is 14.9 Å². The fourth-order valence-electron chi connectivity index (χ4n) is 2.23. The molecule has 17 heavy (non-hydrogen) atoms.